The maximum atomic E-state index is 13.2. The van der Waals surface area contributed by atoms with Gasteiger partial charge in [-0.15, -0.1) is 0 Å². The fourth-order valence-electron chi connectivity index (χ4n) is 1.59. The molecule has 0 bridgehead atoms. The Morgan fingerprint density at radius 1 is 1.00 bits per heavy atom. The molecule has 0 aliphatic rings. The maximum absolute atomic E-state index is 13.2. The first-order valence-corrected chi connectivity index (χ1v) is 5.43. The van der Waals surface area contributed by atoms with Crippen LogP contribution < -0.4 is 5.32 Å². The fourth-order valence-corrected chi connectivity index (χ4v) is 1.59. The number of hydrogen-bond donors (Lipinski definition) is 1. The Bertz CT molecular complexity index is 316. The van der Waals surface area contributed by atoms with Gasteiger partial charge in [0.25, 0.3) is 0 Å². The molecule has 0 fully saturated rings. The van der Waals surface area contributed by atoms with Gasteiger partial charge in [-0.25, -0.2) is 13.2 Å². The van der Waals surface area contributed by atoms with Crippen molar-refractivity contribution in [1.29, 1.82) is 0 Å². The van der Waals surface area contributed by atoms with Crippen molar-refractivity contribution in [1.82, 2.24) is 5.32 Å². The van der Waals surface area contributed by atoms with Crippen molar-refractivity contribution in [3.8, 4) is 0 Å². The second kappa shape index (κ2) is 6.53. The number of halogens is 3. The second-order valence-electron chi connectivity index (χ2n) is 3.76. The van der Waals surface area contributed by atoms with Crippen LogP contribution in [-0.2, 0) is 6.42 Å². The molecule has 1 N–H and O–H groups in total. The molecule has 0 amide bonds. The van der Waals surface area contributed by atoms with Crippen LogP contribution in [0.15, 0.2) is 12.1 Å². The summed E-state index contributed by atoms with van der Waals surface area (Å²) in [5, 5.41) is 3.00. The normalized spacial score (nSPS) is 10.8. The third-order valence-corrected chi connectivity index (χ3v) is 2.46. The molecule has 0 unspecified atom stereocenters. The summed E-state index contributed by atoms with van der Waals surface area (Å²) >= 11 is 0. The van der Waals surface area contributed by atoms with Gasteiger partial charge in [-0.05, 0) is 32.9 Å². The third-order valence-electron chi connectivity index (χ3n) is 2.46. The highest BCUT2D eigenvalue weighted by Crippen LogP contribution is 2.17. The summed E-state index contributed by atoms with van der Waals surface area (Å²) < 4.78 is 39.0. The van der Waals surface area contributed by atoms with E-state index in [1.807, 2.05) is 7.05 Å². The van der Waals surface area contributed by atoms with Crippen LogP contribution >= 0.6 is 0 Å². The smallest absolute Gasteiger partial charge is 0.132 e. The van der Waals surface area contributed by atoms with Crippen LogP contribution in [0.4, 0.5) is 13.2 Å². The molecule has 0 saturated heterocycles. The molecule has 0 heterocycles. The summed E-state index contributed by atoms with van der Waals surface area (Å²) in [6.07, 6.45) is 2.90. The number of nitrogens with one attached hydrogen (secondary N) is 1. The minimum Gasteiger partial charge on any atom is -0.320 e. The number of benzene rings is 1. The van der Waals surface area contributed by atoms with E-state index in [1.165, 1.54) is 0 Å². The molecule has 0 saturated carbocycles. The highest BCUT2D eigenvalue weighted by Gasteiger charge is 2.10. The lowest BCUT2D eigenvalue weighted by Crippen LogP contribution is -2.07. The van der Waals surface area contributed by atoms with Gasteiger partial charge in [0.05, 0.1) is 0 Å². The molecule has 0 spiro atoms. The quantitative estimate of drug-likeness (QED) is 0.742. The zero-order valence-electron chi connectivity index (χ0n) is 9.32. The minimum atomic E-state index is -0.867. The largest absolute Gasteiger partial charge is 0.320 e. The van der Waals surface area contributed by atoms with Crippen molar-refractivity contribution >= 4 is 0 Å². The van der Waals surface area contributed by atoms with Crippen LogP contribution in [0.2, 0.25) is 0 Å². The molecule has 1 rings (SSSR count). The van der Waals surface area contributed by atoms with Gasteiger partial charge in [-0.3, -0.25) is 0 Å². The van der Waals surface area contributed by atoms with E-state index in [2.05, 4.69) is 5.32 Å². The van der Waals surface area contributed by atoms with Crippen LogP contribution in [0, 0.1) is 17.5 Å². The molecule has 90 valence electrons. The molecule has 1 aromatic carbocycles. The van der Waals surface area contributed by atoms with Crippen LogP contribution in [0.5, 0.6) is 0 Å². The molecule has 0 aliphatic heterocycles. The van der Waals surface area contributed by atoms with Gasteiger partial charge in [-0.1, -0.05) is 6.42 Å². The van der Waals surface area contributed by atoms with E-state index in [1.54, 1.807) is 0 Å². The van der Waals surface area contributed by atoms with Gasteiger partial charge in [0.2, 0.25) is 0 Å². The first kappa shape index (κ1) is 13.0. The highest BCUT2D eigenvalue weighted by molar-refractivity contribution is 5.20. The topological polar surface area (TPSA) is 12.0 Å². The second-order valence-corrected chi connectivity index (χ2v) is 3.76. The molecular weight excluding hydrogens is 215 g/mol. The fraction of sp³-hybridized carbons (Fsp3) is 0.500. The van der Waals surface area contributed by atoms with Gasteiger partial charge in [-0.2, -0.15) is 0 Å². The molecule has 1 nitrogen and oxygen atoms in total. The van der Waals surface area contributed by atoms with Crippen LogP contribution in [0.25, 0.3) is 0 Å². The summed E-state index contributed by atoms with van der Waals surface area (Å²) in [6, 6.07) is 1.46. The van der Waals surface area contributed by atoms with Gasteiger partial charge in [0.15, 0.2) is 0 Å². The summed E-state index contributed by atoms with van der Waals surface area (Å²) in [5.74, 6) is -2.44. The van der Waals surface area contributed by atoms with E-state index < -0.39 is 17.5 Å². The van der Waals surface area contributed by atoms with Gasteiger partial charge in [0, 0.05) is 17.7 Å². The van der Waals surface area contributed by atoms with Crippen molar-refractivity contribution in [2.75, 3.05) is 13.6 Å². The Balaban J connectivity index is 2.47. The van der Waals surface area contributed by atoms with E-state index in [9.17, 15) is 13.2 Å². The number of unbranched alkanes of at least 4 members (excludes halogenated alkanes) is 2. The molecular formula is C12H16F3N. The lowest BCUT2D eigenvalue weighted by Gasteiger charge is -2.05. The number of rotatable bonds is 6. The zero-order chi connectivity index (χ0) is 12.0. The van der Waals surface area contributed by atoms with Gasteiger partial charge >= 0.3 is 0 Å². The predicted molar refractivity (Wildman–Crippen MR) is 57.8 cm³/mol. The molecule has 1 aromatic rings. The molecule has 0 radical (unpaired) electrons. The molecule has 0 atom stereocenters. The SMILES string of the molecule is CNCCCCCc1c(F)cc(F)cc1F. The first-order valence-electron chi connectivity index (χ1n) is 5.43. The minimum absolute atomic E-state index is 0.00847. The lowest BCUT2D eigenvalue weighted by molar-refractivity contribution is 0.516. The maximum Gasteiger partial charge on any atom is 0.132 e. The zero-order valence-corrected chi connectivity index (χ0v) is 9.32. The number of hydrogen-bond acceptors (Lipinski definition) is 1. The Kier molecular flexibility index (Phi) is 5.32. The first-order chi connectivity index (χ1) is 7.65. The summed E-state index contributed by atoms with van der Waals surface area (Å²) in [5.41, 5.74) is -0.00847. The van der Waals surface area contributed by atoms with Crippen molar-refractivity contribution in [2.24, 2.45) is 0 Å². The molecule has 0 aromatic heterocycles. The van der Waals surface area contributed by atoms with E-state index in [4.69, 9.17) is 0 Å². The van der Waals surface area contributed by atoms with Gasteiger partial charge < -0.3 is 5.32 Å². The van der Waals surface area contributed by atoms with Crippen LogP contribution in [-0.4, -0.2) is 13.6 Å². The molecule has 16 heavy (non-hydrogen) atoms. The molecule has 0 aliphatic carbocycles. The predicted octanol–water partition coefficient (Wildman–Crippen LogP) is 3.04. The van der Waals surface area contributed by atoms with Crippen molar-refractivity contribution in [3.05, 3.63) is 35.1 Å². The van der Waals surface area contributed by atoms with Crippen molar-refractivity contribution in [2.45, 2.75) is 25.7 Å². The summed E-state index contributed by atoms with van der Waals surface area (Å²) in [6.45, 7) is 0.897. The standard InChI is InChI=1S/C12H16F3N/c1-16-6-4-2-3-5-10-11(14)7-9(13)8-12(10)15/h7-8,16H,2-6H2,1H3. The Labute approximate surface area is 93.7 Å². The monoisotopic (exact) mass is 231 g/mol. The van der Waals surface area contributed by atoms with Crippen molar-refractivity contribution < 1.29 is 13.2 Å². The van der Waals surface area contributed by atoms with Crippen LogP contribution in [0.3, 0.4) is 0 Å². The Morgan fingerprint density at radius 2 is 1.62 bits per heavy atom. The third kappa shape index (κ3) is 3.85. The lowest BCUT2D eigenvalue weighted by atomic mass is 10.1. The van der Waals surface area contributed by atoms with E-state index in [-0.39, 0.29) is 5.56 Å². The van der Waals surface area contributed by atoms with E-state index in [0.29, 0.717) is 12.8 Å². The summed E-state index contributed by atoms with van der Waals surface area (Å²) in [7, 11) is 1.86. The molecule has 4 heteroatoms. The van der Waals surface area contributed by atoms with Crippen molar-refractivity contribution in [3.63, 3.8) is 0 Å². The average molecular weight is 231 g/mol. The van der Waals surface area contributed by atoms with Gasteiger partial charge in [0.1, 0.15) is 17.5 Å². The van der Waals surface area contributed by atoms with E-state index >= 15 is 0 Å². The summed E-state index contributed by atoms with van der Waals surface area (Å²) in [4.78, 5) is 0. The highest BCUT2D eigenvalue weighted by atomic mass is 19.1. The van der Waals surface area contributed by atoms with E-state index in [0.717, 1.165) is 31.5 Å². The average Bonchev–Trinajstić information content (AvgIpc) is 2.20. The Hall–Kier alpha value is -1.03. The Morgan fingerprint density at radius 3 is 2.19 bits per heavy atom. The van der Waals surface area contributed by atoms with Crippen LogP contribution in [0.1, 0.15) is 24.8 Å².